The van der Waals surface area contributed by atoms with Crippen molar-refractivity contribution in [2.75, 3.05) is 5.32 Å². The summed E-state index contributed by atoms with van der Waals surface area (Å²) in [5.41, 5.74) is 7.85. The zero-order valence-corrected chi connectivity index (χ0v) is 11.1. The number of benzene rings is 1. The van der Waals surface area contributed by atoms with Crippen LogP contribution in [-0.4, -0.2) is 20.8 Å². The summed E-state index contributed by atoms with van der Waals surface area (Å²) in [4.78, 5) is 15.0. The molecule has 0 unspecified atom stereocenters. The normalized spacial score (nSPS) is 10.3. The number of anilines is 1. The van der Waals surface area contributed by atoms with Gasteiger partial charge in [0.1, 0.15) is 5.82 Å². The van der Waals surface area contributed by atoms with Crippen LogP contribution in [0.15, 0.2) is 60.9 Å². The third kappa shape index (κ3) is 2.74. The minimum absolute atomic E-state index is 0.404. The van der Waals surface area contributed by atoms with Crippen molar-refractivity contribution in [1.29, 1.82) is 0 Å². The van der Waals surface area contributed by atoms with Crippen molar-refractivity contribution in [3.8, 4) is 16.9 Å². The zero-order valence-electron chi connectivity index (χ0n) is 11.1. The van der Waals surface area contributed by atoms with E-state index in [0.717, 1.165) is 16.9 Å². The van der Waals surface area contributed by atoms with Crippen LogP contribution in [0.5, 0.6) is 0 Å². The van der Waals surface area contributed by atoms with E-state index < -0.39 is 6.03 Å². The molecular weight excluding hydrogens is 266 g/mol. The van der Waals surface area contributed by atoms with Gasteiger partial charge in [-0.3, -0.25) is 5.32 Å². The largest absolute Gasteiger partial charge is 0.351 e. The summed E-state index contributed by atoms with van der Waals surface area (Å²) in [7, 11) is 0. The molecule has 0 fully saturated rings. The number of primary amides is 1. The van der Waals surface area contributed by atoms with Crippen LogP contribution < -0.4 is 11.1 Å². The molecule has 0 saturated carbocycles. The van der Waals surface area contributed by atoms with Crippen molar-refractivity contribution in [3.63, 3.8) is 0 Å². The van der Waals surface area contributed by atoms with Crippen molar-refractivity contribution in [2.45, 2.75) is 0 Å². The van der Waals surface area contributed by atoms with E-state index in [1.165, 1.54) is 0 Å². The first-order valence-electron chi connectivity index (χ1n) is 6.36. The van der Waals surface area contributed by atoms with Crippen molar-refractivity contribution < 1.29 is 4.79 Å². The van der Waals surface area contributed by atoms with Gasteiger partial charge in [-0.1, -0.05) is 18.2 Å². The molecule has 0 atom stereocenters. The lowest BCUT2D eigenvalue weighted by Gasteiger charge is -2.08. The Morgan fingerprint density at radius 1 is 1.10 bits per heavy atom. The number of nitrogens with one attached hydrogen (secondary N) is 1. The maximum atomic E-state index is 10.9. The molecule has 0 spiro atoms. The molecule has 0 saturated heterocycles. The summed E-state index contributed by atoms with van der Waals surface area (Å²) in [5.74, 6) is 0.404. The van der Waals surface area contributed by atoms with E-state index in [2.05, 4.69) is 15.4 Å². The molecule has 21 heavy (non-hydrogen) atoms. The standard InChI is InChI=1S/C15H13N5O/c16-15(21)19-14-10-11(6-8-17-14)13-7-9-18-20(13)12-4-2-1-3-5-12/h1-10H,(H3,16,17,19,21). The average molecular weight is 279 g/mol. The number of para-hydroxylation sites is 1. The van der Waals surface area contributed by atoms with Gasteiger partial charge in [0.25, 0.3) is 0 Å². The van der Waals surface area contributed by atoms with Crippen LogP contribution in [-0.2, 0) is 0 Å². The Labute approximate surface area is 121 Å². The molecule has 3 aromatic rings. The number of amides is 2. The Hall–Kier alpha value is -3.15. The highest BCUT2D eigenvalue weighted by Crippen LogP contribution is 2.23. The SMILES string of the molecule is NC(=O)Nc1cc(-c2ccnn2-c2ccccc2)ccn1. The van der Waals surface area contributed by atoms with Gasteiger partial charge >= 0.3 is 6.03 Å². The van der Waals surface area contributed by atoms with Crippen LogP contribution in [0.1, 0.15) is 0 Å². The highest BCUT2D eigenvalue weighted by Gasteiger charge is 2.08. The molecule has 0 aliphatic rings. The molecule has 0 bridgehead atoms. The fourth-order valence-electron chi connectivity index (χ4n) is 2.08. The lowest BCUT2D eigenvalue weighted by molar-refractivity contribution is 0.259. The highest BCUT2D eigenvalue weighted by molar-refractivity contribution is 5.87. The Kier molecular flexibility index (Phi) is 3.34. The van der Waals surface area contributed by atoms with E-state index >= 15 is 0 Å². The van der Waals surface area contributed by atoms with Gasteiger partial charge in [0.2, 0.25) is 0 Å². The van der Waals surface area contributed by atoms with Gasteiger partial charge in [-0.05, 0) is 30.3 Å². The van der Waals surface area contributed by atoms with Crippen molar-refractivity contribution >= 4 is 11.8 Å². The first-order chi connectivity index (χ1) is 10.2. The van der Waals surface area contributed by atoms with Crippen LogP contribution in [0, 0.1) is 0 Å². The molecule has 6 nitrogen and oxygen atoms in total. The quantitative estimate of drug-likeness (QED) is 0.772. The van der Waals surface area contributed by atoms with Crippen molar-refractivity contribution in [1.82, 2.24) is 14.8 Å². The molecule has 2 amide bonds. The van der Waals surface area contributed by atoms with Crippen LogP contribution >= 0.6 is 0 Å². The number of nitrogens with zero attached hydrogens (tertiary/aromatic N) is 3. The molecule has 0 aliphatic heterocycles. The maximum absolute atomic E-state index is 10.9. The van der Waals surface area contributed by atoms with E-state index in [-0.39, 0.29) is 0 Å². The molecule has 6 heteroatoms. The Bertz CT molecular complexity index is 766. The fraction of sp³-hybridized carbons (Fsp3) is 0. The molecule has 0 radical (unpaired) electrons. The molecule has 3 N–H and O–H groups in total. The predicted molar refractivity (Wildman–Crippen MR) is 80.0 cm³/mol. The monoisotopic (exact) mass is 279 g/mol. The van der Waals surface area contributed by atoms with E-state index in [1.54, 1.807) is 18.5 Å². The van der Waals surface area contributed by atoms with E-state index in [1.807, 2.05) is 47.1 Å². The van der Waals surface area contributed by atoms with E-state index in [0.29, 0.717) is 5.82 Å². The average Bonchev–Trinajstić information content (AvgIpc) is 2.97. The second-order valence-electron chi connectivity index (χ2n) is 4.38. The minimum Gasteiger partial charge on any atom is -0.351 e. The van der Waals surface area contributed by atoms with Gasteiger partial charge in [-0.2, -0.15) is 5.10 Å². The third-order valence-corrected chi connectivity index (χ3v) is 2.95. The summed E-state index contributed by atoms with van der Waals surface area (Å²) in [5, 5.41) is 6.80. The molecule has 1 aromatic carbocycles. The van der Waals surface area contributed by atoms with Crippen LogP contribution in [0.25, 0.3) is 16.9 Å². The Morgan fingerprint density at radius 2 is 1.90 bits per heavy atom. The number of aromatic nitrogens is 3. The number of carbonyl (C=O) groups is 1. The fourth-order valence-corrected chi connectivity index (χ4v) is 2.08. The topological polar surface area (TPSA) is 85.8 Å². The van der Waals surface area contributed by atoms with Crippen molar-refractivity contribution in [2.24, 2.45) is 5.73 Å². The minimum atomic E-state index is -0.642. The second-order valence-corrected chi connectivity index (χ2v) is 4.38. The van der Waals surface area contributed by atoms with Crippen LogP contribution in [0.2, 0.25) is 0 Å². The molecule has 0 aliphatic carbocycles. The maximum Gasteiger partial charge on any atom is 0.317 e. The zero-order chi connectivity index (χ0) is 14.7. The smallest absolute Gasteiger partial charge is 0.317 e. The van der Waals surface area contributed by atoms with Gasteiger partial charge in [-0.15, -0.1) is 0 Å². The number of nitrogens with two attached hydrogens (primary N) is 1. The highest BCUT2D eigenvalue weighted by atomic mass is 16.2. The first-order valence-corrected chi connectivity index (χ1v) is 6.36. The number of urea groups is 1. The van der Waals surface area contributed by atoms with Gasteiger partial charge in [0.15, 0.2) is 0 Å². The number of hydrogen-bond acceptors (Lipinski definition) is 3. The molecule has 2 heterocycles. The van der Waals surface area contributed by atoms with Gasteiger partial charge in [-0.25, -0.2) is 14.5 Å². The number of pyridine rings is 1. The first kappa shape index (κ1) is 12.9. The van der Waals surface area contributed by atoms with Crippen molar-refractivity contribution in [3.05, 3.63) is 60.9 Å². The summed E-state index contributed by atoms with van der Waals surface area (Å²) < 4.78 is 1.82. The molecule has 2 aromatic heterocycles. The summed E-state index contributed by atoms with van der Waals surface area (Å²) in [6.07, 6.45) is 3.34. The number of hydrogen-bond donors (Lipinski definition) is 2. The summed E-state index contributed by atoms with van der Waals surface area (Å²) in [6.45, 7) is 0. The van der Waals surface area contributed by atoms with Gasteiger partial charge in [0, 0.05) is 11.8 Å². The van der Waals surface area contributed by atoms with Gasteiger partial charge < -0.3 is 5.73 Å². The second kappa shape index (κ2) is 5.46. The third-order valence-electron chi connectivity index (χ3n) is 2.95. The molecule has 3 rings (SSSR count). The molecule has 104 valence electrons. The Morgan fingerprint density at radius 3 is 2.67 bits per heavy atom. The van der Waals surface area contributed by atoms with Gasteiger partial charge in [0.05, 0.1) is 17.6 Å². The lowest BCUT2D eigenvalue weighted by Crippen LogP contribution is -2.19. The number of carbonyl (C=O) groups excluding carboxylic acids is 1. The van der Waals surface area contributed by atoms with E-state index in [4.69, 9.17) is 5.73 Å². The predicted octanol–water partition coefficient (Wildman–Crippen LogP) is 2.42. The molecular formula is C15H13N5O. The van der Waals surface area contributed by atoms with E-state index in [9.17, 15) is 4.79 Å². The number of rotatable bonds is 3. The van der Waals surface area contributed by atoms with Crippen LogP contribution in [0.3, 0.4) is 0 Å². The lowest BCUT2D eigenvalue weighted by atomic mass is 10.2. The Balaban J connectivity index is 2.02. The summed E-state index contributed by atoms with van der Waals surface area (Å²) >= 11 is 0. The summed E-state index contributed by atoms with van der Waals surface area (Å²) in [6, 6.07) is 14.7. The van der Waals surface area contributed by atoms with Crippen LogP contribution in [0.4, 0.5) is 10.6 Å².